The summed E-state index contributed by atoms with van der Waals surface area (Å²) in [6.07, 6.45) is 4.55. The molecule has 0 unspecified atom stereocenters. The first-order chi connectivity index (χ1) is 7.74. The Hall–Kier alpha value is -1.42. The van der Waals surface area contributed by atoms with Crippen molar-refractivity contribution in [2.24, 2.45) is 0 Å². The summed E-state index contributed by atoms with van der Waals surface area (Å²) < 4.78 is 12.6. The molecule has 2 heterocycles. The Morgan fingerprint density at radius 2 is 2.38 bits per heavy atom. The van der Waals surface area contributed by atoms with E-state index >= 15 is 0 Å². The Kier molecular flexibility index (Phi) is 3.51. The van der Waals surface area contributed by atoms with E-state index < -0.39 is 0 Å². The molecule has 4 heteroatoms. The Morgan fingerprint density at radius 3 is 3.00 bits per heavy atom. The van der Waals surface area contributed by atoms with E-state index in [1.54, 1.807) is 6.07 Å². The minimum Gasteiger partial charge on any atom is -0.366 e. The van der Waals surface area contributed by atoms with Gasteiger partial charge in [0.1, 0.15) is 11.6 Å². The summed E-state index contributed by atoms with van der Waals surface area (Å²) in [7, 11) is 2.11. The molecule has 0 saturated carbocycles. The molecule has 86 valence electrons. The van der Waals surface area contributed by atoms with Crippen LogP contribution < -0.4 is 5.32 Å². The lowest BCUT2D eigenvalue weighted by Crippen LogP contribution is -2.26. The first-order valence-electron chi connectivity index (χ1n) is 5.46. The molecule has 0 fully saturated rings. The van der Waals surface area contributed by atoms with E-state index in [1.165, 1.54) is 17.8 Å². The van der Waals surface area contributed by atoms with Crippen molar-refractivity contribution in [3.8, 4) is 0 Å². The van der Waals surface area contributed by atoms with Crippen molar-refractivity contribution in [3.63, 3.8) is 0 Å². The standard InChI is InChI=1S/C12H16FN3/c1-16-6-4-10(5-7-16)8-14-12-3-2-11(13)9-15-12/h2-4,9H,5-8H2,1H3,(H,14,15). The van der Waals surface area contributed by atoms with Crippen molar-refractivity contribution >= 4 is 5.82 Å². The molecule has 0 atom stereocenters. The van der Waals surface area contributed by atoms with Crippen molar-refractivity contribution in [1.29, 1.82) is 0 Å². The summed E-state index contributed by atoms with van der Waals surface area (Å²) in [5.74, 6) is 0.422. The summed E-state index contributed by atoms with van der Waals surface area (Å²) in [6, 6.07) is 3.07. The molecule has 1 aromatic rings. The van der Waals surface area contributed by atoms with Gasteiger partial charge >= 0.3 is 0 Å². The van der Waals surface area contributed by atoms with Gasteiger partial charge in [0.2, 0.25) is 0 Å². The highest BCUT2D eigenvalue weighted by molar-refractivity contribution is 5.35. The van der Waals surface area contributed by atoms with E-state index in [0.717, 1.165) is 31.9 Å². The van der Waals surface area contributed by atoms with E-state index in [4.69, 9.17) is 0 Å². The molecule has 2 rings (SSSR count). The second-order valence-electron chi connectivity index (χ2n) is 4.09. The van der Waals surface area contributed by atoms with Crippen molar-refractivity contribution in [2.45, 2.75) is 6.42 Å². The molecule has 0 bridgehead atoms. The molecule has 0 radical (unpaired) electrons. The normalized spacial score (nSPS) is 17.0. The smallest absolute Gasteiger partial charge is 0.141 e. The number of nitrogens with zero attached hydrogens (tertiary/aromatic N) is 2. The van der Waals surface area contributed by atoms with Crippen LogP contribution >= 0.6 is 0 Å². The van der Waals surface area contributed by atoms with Gasteiger partial charge in [0.25, 0.3) is 0 Å². The number of aromatic nitrogens is 1. The van der Waals surface area contributed by atoms with Crippen LogP contribution in [0.3, 0.4) is 0 Å². The average Bonchev–Trinajstić information content (AvgIpc) is 2.30. The van der Waals surface area contributed by atoms with Crippen LogP contribution in [0.25, 0.3) is 0 Å². The van der Waals surface area contributed by atoms with Crippen LogP contribution in [0.5, 0.6) is 0 Å². The minimum atomic E-state index is -0.302. The lowest BCUT2D eigenvalue weighted by atomic mass is 10.1. The highest BCUT2D eigenvalue weighted by Crippen LogP contribution is 2.10. The highest BCUT2D eigenvalue weighted by atomic mass is 19.1. The van der Waals surface area contributed by atoms with Crippen LogP contribution in [0.2, 0.25) is 0 Å². The predicted octanol–water partition coefficient (Wildman–Crippen LogP) is 1.89. The van der Waals surface area contributed by atoms with Gasteiger partial charge in [-0.3, -0.25) is 0 Å². The molecule has 0 aliphatic carbocycles. The van der Waals surface area contributed by atoms with Crippen LogP contribution in [0, 0.1) is 5.82 Å². The Balaban J connectivity index is 1.85. The number of nitrogens with one attached hydrogen (secondary N) is 1. The zero-order chi connectivity index (χ0) is 11.4. The highest BCUT2D eigenvalue weighted by Gasteiger charge is 2.07. The molecular formula is C12H16FN3. The fourth-order valence-electron chi connectivity index (χ4n) is 1.66. The Bertz CT molecular complexity index is 372. The van der Waals surface area contributed by atoms with Crippen LogP contribution in [-0.2, 0) is 0 Å². The summed E-state index contributed by atoms with van der Waals surface area (Å²) >= 11 is 0. The lowest BCUT2D eigenvalue weighted by molar-refractivity contribution is 0.358. The topological polar surface area (TPSA) is 28.2 Å². The predicted molar refractivity (Wildman–Crippen MR) is 62.9 cm³/mol. The molecule has 0 spiro atoms. The fraction of sp³-hybridized carbons (Fsp3) is 0.417. The molecule has 16 heavy (non-hydrogen) atoms. The van der Waals surface area contributed by atoms with Crippen LogP contribution in [-0.4, -0.2) is 36.6 Å². The molecule has 0 saturated heterocycles. The number of pyridine rings is 1. The zero-order valence-corrected chi connectivity index (χ0v) is 9.41. The van der Waals surface area contributed by atoms with Gasteiger partial charge in [-0.05, 0) is 25.6 Å². The van der Waals surface area contributed by atoms with Crippen LogP contribution in [0.1, 0.15) is 6.42 Å². The summed E-state index contributed by atoms with van der Waals surface area (Å²) in [5, 5.41) is 3.19. The van der Waals surface area contributed by atoms with Gasteiger partial charge in [-0.15, -0.1) is 0 Å². The second-order valence-corrected chi connectivity index (χ2v) is 4.09. The quantitative estimate of drug-likeness (QED) is 0.790. The van der Waals surface area contributed by atoms with Crippen LogP contribution in [0.15, 0.2) is 30.0 Å². The average molecular weight is 221 g/mol. The fourth-order valence-corrected chi connectivity index (χ4v) is 1.66. The second kappa shape index (κ2) is 5.07. The summed E-state index contributed by atoms with van der Waals surface area (Å²) in [6.45, 7) is 2.91. The lowest BCUT2D eigenvalue weighted by Gasteiger charge is -2.22. The first-order valence-corrected chi connectivity index (χ1v) is 5.46. The van der Waals surface area contributed by atoms with E-state index in [2.05, 4.69) is 28.3 Å². The third-order valence-corrected chi connectivity index (χ3v) is 2.73. The Labute approximate surface area is 95.0 Å². The zero-order valence-electron chi connectivity index (χ0n) is 9.41. The maximum Gasteiger partial charge on any atom is 0.141 e. The largest absolute Gasteiger partial charge is 0.366 e. The van der Waals surface area contributed by atoms with Crippen molar-refractivity contribution in [1.82, 2.24) is 9.88 Å². The Morgan fingerprint density at radius 1 is 1.50 bits per heavy atom. The SMILES string of the molecule is CN1CC=C(CNc2ccc(F)cn2)CC1. The van der Waals surface area contributed by atoms with Crippen molar-refractivity contribution in [3.05, 3.63) is 35.8 Å². The third kappa shape index (κ3) is 3.03. The van der Waals surface area contributed by atoms with E-state index in [9.17, 15) is 4.39 Å². The molecule has 0 aromatic carbocycles. The van der Waals surface area contributed by atoms with Gasteiger partial charge in [-0.1, -0.05) is 11.6 Å². The summed E-state index contributed by atoms with van der Waals surface area (Å²) in [4.78, 5) is 6.23. The van der Waals surface area contributed by atoms with Crippen LogP contribution in [0.4, 0.5) is 10.2 Å². The minimum absolute atomic E-state index is 0.302. The van der Waals surface area contributed by atoms with Gasteiger partial charge in [0.15, 0.2) is 0 Å². The van der Waals surface area contributed by atoms with Gasteiger partial charge in [0, 0.05) is 19.6 Å². The first kappa shape index (κ1) is 11.1. The van der Waals surface area contributed by atoms with Gasteiger partial charge in [0.05, 0.1) is 6.20 Å². The number of hydrogen-bond donors (Lipinski definition) is 1. The molecule has 3 nitrogen and oxygen atoms in total. The maximum atomic E-state index is 12.6. The van der Waals surface area contributed by atoms with Gasteiger partial charge in [-0.2, -0.15) is 0 Å². The molecule has 1 aliphatic rings. The van der Waals surface area contributed by atoms with Crippen molar-refractivity contribution in [2.75, 3.05) is 32.0 Å². The number of likely N-dealkylation sites (N-methyl/N-ethyl adjacent to an activating group) is 1. The molecule has 0 amide bonds. The number of halogens is 1. The monoisotopic (exact) mass is 221 g/mol. The van der Waals surface area contributed by atoms with Gasteiger partial charge < -0.3 is 10.2 Å². The van der Waals surface area contributed by atoms with Gasteiger partial charge in [-0.25, -0.2) is 9.37 Å². The molecule has 1 aromatic heterocycles. The molecule has 1 N–H and O–H groups in total. The van der Waals surface area contributed by atoms with E-state index in [0.29, 0.717) is 0 Å². The number of rotatable bonds is 3. The maximum absolute atomic E-state index is 12.6. The molecular weight excluding hydrogens is 205 g/mol. The van der Waals surface area contributed by atoms with E-state index in [1.807, 2.05) is 0 Å². The van der Waals surface area contributed by atoms with E-state index in [-0.39, 0.29) is 5.82 Å². The molecule has 1 aliphatic heterocycles. The third-order valence-electron chi connectivity index (χ3n) is 2.73. The number of hydrogen-bond acceptors (Lipinski definition) is 3. The number of anilines is 1. The van der Waals surface area contributed by atoms with Crippen molar-refractivity contribution < 1.29 is 4.39 Å². The summed E-state index contributed by atoms with van der Waals surface area (Å²) in [5.41, 5.74) is 1.39.